The quantitative estimate of drug-likeness (QED) is 0.292. The monoisotopic (exact) mass is 365 g/mol. The van der Waals surface area contributed by atoms with E-state index in [0.717, 1.165) is 0 Å². The smallest absolute Gasteiger partial charge is 0.0555 e. The Labute approximate surface area is 162 Å². The van der Waals surface area contributed by atoms with Crippen molar-refractivity contribution in [2.45, 2.75) is 6.92 Å². The zero-order valence-electron chi connectivity index (χ0n) is 15.1. The minimum Gasteiger partial charge on any atom is -0.309 e. The van der Waals surface area contributed by atoms with Crippen LogP contribution in [0.25, 0.3) is 43.7 Å². The minimum atomic E-state index is 1.20. The van der Waals surface area contributed by atoms with Crippen LogP contribution in [0.15, 0.2) is 85.5 Å². The van der Waals surface area contributed by atoms with Crippen molar-refractivity contribution in [3.05, 3.63) is 95.9 Å². The molecule has 0 N–H and O–H groups in total. The molecule has 5 aromatic rings. The van der Waals surface area contributed by atoms with E-state index >= 15 is 0 Å². The summed E-state index contributed by atoms with van der Waals surface area (Å²) in [6, 6.07) is 23.9. The molecular formula is C25H19NS. The lowest BCUT2D eigenvalue weighted by molar-refractivity contribution is 1.18. The molecule has 0 saturated heterocycles. The summed E-state index contributed by atoms with van der Waals surface area (Å²) in [4.78, 5) is 1.30. The van der Waals surface area contributed by atoms with Gasteiger partial charge in [-0.15, -0.1) is 11.3 Å². The SMILES string of the molecule is C=C/C=C\c1sc2c(ccc3c2c2ccccc2n3-c2ccccc2)c1C. The summed E-state index contributed by atoms with van der Waals surface area (Å²) in [7, 11) is 0. The first-order valence-electron chi connectivity index (χ1n) is 9.09. The molecule has 2 heterocycles. The predicted octanol–water partition coefficient (Wildman–Crippen LogP) is 7.51. The Bertz CT molecular complexity index is 1330. The summed E-state index contributed by atoms with van der Waals surface area (Å²) in [6.45, 7) is 6.01. The highest BCUT2D eigenvalue weighted by molar-refractivity contribution is 7.21. The van der Waals surface area contributed by atoms with E-state index in [9.17, 15) is 0 Å². The van der Waals surface area contributed by atoms with Gasteiger partial charge in [-0.1, -0.05) is 61.2 Å². The fourth-order valence-corrected chi connectivity index (χ4v) is 5.20. The number of fused-ring (bicyclic) bond motifs is 5. The highest BCUT2D eigenvalue weighted by Crippen LogP contribution is 2.42. The molecule has 0 aliphatic carbocycles. The van der Waals surface area contributed by atoms with E-state index in [1.807, 2.05) is 23.5 Å². The Kier molecular flexibility index (Phi) is 3.73. The highest BCUT2D eigenvalue weighted by atomic mass is 32.1. The Morgan fingerprint density at radius 3 is 2.44 bits per heavy atom. The Balaban J connectivity index is 1.96. The van der Waals surface area contributed by atoms with Crippen LogP contribution in [0.5, 0.6) is 0 Å². The normalized spacial score (nSPS) is 11.9. The van der Waals surface area contributed by atoms with E-state index < -0.39 is 0 Å². The van der Waals surface area contributed by atoms with Crippen molar-refractivity contribution in [1.82, 2.24) is 4.57 Å². The minimum absolute atomic E-state index is 1.20. The number of aromatic nitrogens is 1. The van der Waals surface area contributed by atoms with E-state index in [2.05, 4.69) is 90.9 Å². The third kappa shape index (κ3) is 2.37. The van der Waals surface area contributed by atoms with Crippen molar-refractivity contribution in [2.24, 2.45) is 0 Å². The second-order valence-corrected chi connectivity index (χ2v) is 7.76. The summed E-state index contributed by atoms with van der Waals surface area (Å²) in [5.74, 6) is 0. The molecule has 2 heteroatoms. The second kappa shape index (κ2) is 6.26. The van der Waals surface area contributed by atoms with Crippen LogP contribution in [0, 0.1) is 6.92 Å². The Morgan fingerprint density at radius 2 is 1.63 bits per heavy atom. The van der Waals surface area contributed by atoms with Crippen LogP contribution in [-0.4, -0.2) is 4.57 Å². The summed E-state index contributed by atoms with van der Waals surface area (Å²) < 4.78 is 3.73. The van der Waals surface area contributed by atoms with Gasteiger partial charge in [-0.25, -0.2) is 0 Å². The Morgan fingerprint density at radius 1 is 0.852 bits per heavy atom. The second-order valence-electron chi connectivity index (χ2n) is 6.71. The third-order valence-corrected chi connectivity index (χ3v) is 6.46. The van der Waals surface area contributed by atoms with Crippen LogP contribution in [0.3, 0.4) is 0 Å². The number of rotatable bonds is 3. The maximum absolute atomic E-state index is 3.80. The Hall–Kier alpha value is -3.10. The fourth-order valence-electron chi connectivity index (χ4n) is 3.92. The van der Waals surface area contributed by atoms with Crippen LogP contribution in [0.4, 0.5) is 0 Å². The van der Waals surface area contributed by atoms with E-state index in [4.69, 9.17) is 0 Å². The molecule has 0 amide bonds. The van der Waals surface area contributed by atoms with Gasteiger partial charge in [-0.05, 0) is 48.2 Å². The van der Waals surface area contributed by atoms with Crippen molar-refractivity contribution < 1.29 is 0 Å². The van der Waals surface area contributed by atoms with Gasteiger partial charge >= 0.3 is 0 Å². The van der Waals surface area contributed by atoms with Gasteiger partial charge in [-0.3, -0.25) is 0 Å². The molecule has 3 aromatic carbocycles. The first kappa shape index (κ1) is 16.1. The molecule has 0 unspecified atom stereocenters. The molecule has 0 bridgehead atoms. The first-order valence-corrected chi connectivity index (χ1v) is 9.91. The lowest BCUT2D eigenvalue weighted by atomic mass is 10.1. The van der Waals surface area contributed by atoms with Crippen LogP contribution in [0.1, 0.15) is 10.4 Å². The van der Waals surface area contributed by atoms with E-state index in [-0.39, 0.29) is 0 Å². The van der Waals surface area contributed by atoms with E-state index in [1.165, 1.54) is 48.0 Å². The number of para-hydroxylation sites is 2. The number of nitrogens with zero attached hydrogens (tertiary/aromatic N) is 1. The lowest BCUT2D eigenvalue weighted by Crippen LogP contribution is -1.92. The molecule has 0 spiro atoms. The molecule has 0 aliphatic heterocycles. The number of hydrogen-bond acceptors (Lipinski definition) is 1. The zero-order valence-corrected chi connectivity index (χ0v) is 16.0. The average molecular weight is 366 g/mol. The van der Waals surface area contributed by atoms with Crippen molar-refractivity contribution in [3.8, 4) is 5.69 Å². The molecule has 0 aliphatic rings. The van der Waals surface area contributed by atoms with E-state index in [1.54, 1.807) is 0 Å². The predicted molar refractivity (Wildman–Crippen MR) is 120 cm³/mol. The molecule has 0 atom stereocenters. The maximum atomic E-state index is 3.80. The van der Waals surface area contributed by atoms with Crippen LogP contribution >= 0.6 is 11.3 Å². The maximum Gasteiger partial charge on any atom is 0.0555 e. The number of allylic oxidation sites excluding steroid dienone is 2. The van der Waals surface area contributed by atoms with Gasteiger partial charge in [0, 0.05) is 26.0 Å². The van der Waals surface area contributed by atoms with Gasteiger partial charge in [0.05, 0.1) is 11.0 Å². The fraction of sp³-hybridized carbons (Fsp3) is 0.0400. The van der Waals surface area contributed by atoms with Crippen LogP contribution in [-0.2, 0) is 0 Å². The van der Waals surface area contributed by atoms with Gasteiger partial charge in [0.2, 0.25) is 0 Å². The molecule has 2 aromatic heterocycles. The molecule has 1 nitrogen and oxygen atoms in total. The number of thiophene rings is 1. The summed E-state index contributed by atoms with van der Waals surface area (Å²) in [6.07, 6.45) is 6.01. The topological polar surface area (TPSA) is 4.93 Å². The molecule has 130 valence electrons. The largest absolute Gasteiger partial charge is 0.309 e. The molecule has 0 saturated carbocycles. The molecule has 0 fully saturated rings. The average Bonchev–Trinajstić information content (AvgIpc) is 3.22. The van der Waals surface area contributed by atoms with Crippen LogP contribution < -0.4 is 0 Å². The first-order chi connectivity index (χ1) is 13.3. The standard InChI is InChI=1S/C25H19NS/c1-3-4-14-23-17(2)19-15-16-22-24(25(19)27-23)20-12-8-9-13-21(20)26(22)18-10-6-5-7-11-18/h3-16H,1H2,2H3/b14-4-. The number of aryl methyl sites for hydroxylation is 1. The van der Waals surface area contributed by atoms with Gasteiger partial charge in [-0.2, -0.15) is 0 Å². The van der Waals surface area contributed by atoms with Gasteiger partial charge in [0.15, 0.2) is 0 Å². The molecule has 5 rings (SSSR count). The van der Waals surface area contributed by atoms with Gasteiger partial charge in [0.25, 0.3) is 0 Å². The zero-order chi connectivity index (χ0) is 18.4. The number of hydrogen-bond donors (Lipinski definition) is 0. The van der Waals surface area contributed by atoms with Crippen molar-refractivity contribution >= 4 is 49.3 Å². The summed E-state index contributed by atoms with van der Waals surface area (Å²) in [5.41, 5.74) is 5.05. The van der Waals surface area contributed by atoms with Crippen LogP contribution in [0.2, 0.25) is 0 Å². The molecule has 0 radical (unpaired) electrons. The number of benzene rings is 3. The summed E-state index contributed by atoms with van der Waals surface area (Å²) in [5, 5.41) is 3.99. The van der Waals surface area contributed by atoms with Crippen molar-refractivity contribution in [3.63, 3.8) is 0 Å². The van der Waals surface area contributed by atoms with Gasteiger partial charge < -0.3 is 4.57 Å². The lowest BCUT2D eigenvalue weighted by Gasteiger charge is -2.07. The van der Waals surface area contributed by atoms with Gasteiger partial charge in [0.1, 0.15) is 0 Å². The van der Waals surface area contributed by atoms with Crippen molar-refractivity contribution in [2.75, 3.05) is 0 Å². The van der Waals surface area contributed by atoms with Crippen molar-refractivity contribution in [1.29, 1.82) is 0 Å². The summed E-state index contributed by atoms with van der Waals surface area (Å²) >= 11 is 1.87. The third-order valence-electron chi connectivity index (χ3n) is 5.17. The van der Waals surface area contributed by atoms with E-state index in [0.29, 0.717) is 0 Å². The molecule has 27 heavy (non-hydrogen) atoms. The molecular weight excluding hydrogens is 346 g/mol. The highest BCUT2D eigenvalue weighted by Gasteiger charge is 2.17.